The van der Waals surface area contributed by atoms with Gasteiger partial charge in [0, 0.05) is 12.5 Å². The molecule has 120 valence electrons. The van der Waals surface area contributed by atoms with Crippen molar-refractivity contribution in [1.82, 2.24) is 5.32 Å². The standard InChI is InChI=1S/C15H19NO6/c1-8(17)16-11-12(18)13-10(21-14(11)19)7-20-15(22-13)9-5-3-2-4-6-9/h2-6,10-15,18-19H,7H2,1H3,(H,16,17)/t10-,11-,12?,13?,14?,15?/m1/s1. The summed E-state index contributed by atoms with van der Waals surface area (Å²) in [7, 11) is 0. The molecule has 0 bridgehead atoms. The van der Waals surface area contributed by atoms with Crippen LogP contribution >= 0.6 is 0 Å². The Morgan fingerprint density at radius 1 is 1.23 bits per heavy atom. The number of amides is 1. The van der Waals surface area contributed by atoms with Crippen molar-refractivity contribution in [3.63, 3.8) is 0 Å². The van der Waals surface area contributed by atoms with E-state index in [4.69, 9.17) is 14.2 Å². The molecule has 2 fully saturated rings. The molecule has 6 atom stereocenters. The monoisotopic (exact) mass is 309 g/mol. The van der Waals surface area contributed by atoms with Crippen molar-refractivity contribution < 1.29 is 29.2 Å². The Kier molecular flexibility index (Phi) is 4.42. The number of fused-ring (bicyclic) bond motifs is 1. The van der Waals surface area contributed by atoms with Crippen LogP contribution in [0.2, 0.25) is 0 Å². The number of hydrogen-bond donors (Lipinski definition) is 3. The Balaban J connectivity index is 1.75. The molecule has 2 saturated heterocycles. The molecule has 0 aliphatic carbocycles. The fraction of sp³-hybridized carbons (Fsp3) is 0.533. The molecule has 1 aromatic rings. The third-order valence-electron chi connectivity index (χ3n) is 3.83. The number of aliphatic hydroxyl groups excluding tert-OH is 2. The summed E-state index contributed by atoms with van der Waals surface area (Å²) in [5.41, 5.74) is 0.829. The van der Waals surface area contributed by atoms with Crippen molar-refractivity contribution in [2.45, 2.75) is 43.9 Å². The summed E-state index contributed by atoms with van der Waals surface area (Å²) in [5.74, 6) is -0.364. The summed E-state index contributed by atoms with van der Waals surface area (Å²) in [6.45, 7) is 1.49. The minimum absolute atomic E-state index is 0.186. The second-order valence-corrected chi connectivity index (χ2v) is 5.46. The minimum Gasteiger partial charge on any atom is -0.388 e. The smallest absolute Gasteiger partial charge is 0.217 e. The molecular formula is C15H19NO6. The molecule has 2 heterocycles. The lowest BCUT2D eigenvalue weighted by Gasteiger charge is -2.46. The lowest BCUT2D eigenvalue weighted by Crippen LogP contribution is -2.66. The van der Waals surface area contributed by atoms with Gasteiger partial charge in [-0.3, -0.25) is 4.79 Å². The van der Waals surface area contributed by atoms with Crippen LogP contribution in [0.5, 0.6) is 0 Å². The average molecular weight is 309 g/mol. The van der Waals surface area contributed by atoms with Crippen LogP contribution in [-0.2, 0) is 19.0 Å². The predicted molar refractivity (Wildman–Crippen MR) is 74.5 cm³/mol. The summed E-state index contributed by atoms with van der Waals surface area (Å²) in [6.07, 6.45) is -4.29. The third-order valence-corrected chi connectivity index (χ3v) is 3.83. The van der Waals surface area contributed by atoms with E-state index in [0.29, 0.717) is 0 Å². The minimum atomic E-state index is -1.30. The molecule has 3 rings (SSSR count). The van der Waals surface area contributed by atoms with Gasteiger partial charge in [-0.25, -0.2) is 0 Å². The highest BCUT2D eigenvalue weighted by atomic mass is 16.7. The Morgan fingerprint density at radius 3 is 2.64 bits per heavy atom. The molecule has 0 saturated carbocycles. The Morgan fingerprint density at radius 2 is 1.95 bits per heavy atom. The van der Waals surface area contributed by atoms with Gasteiger partial charge in [0.2, 0.25) is 5.91 Å². The van der Waals surface area contributed by atoms with Gasteiger partial charge in [-0.05, 0) is 0 Å². The van der Waals surface area contributed by atoms with E-state index in [1.54, 1.807) is 0 Å². The van der Waals surface area contributed by atoms with Crippen LogP contribution in [0.4, 0.5) is 0 Å². The Hall–Kier alpha value is -1.51. The van der Waals surface area contributed by atoms with Gasteiger partial charge >= 0.3 is 0 Å². The second-order valence-electron chi connectivity index (χ2n) is 5.46. The zero-order valence-corrected chi connectivity index (χ0v) is 12.1. The maximum absolute atomic E-state index is 11.2. The number of nitrogens with one attached hydrogen (secondary N) is 1. The molecule has 22 heavy (non-hydrogen) atoms. The summed E-state index contributed by atoms with van der Waals surface area (Å²) in [4.78, 5) is 11.2. The lowest BCUT2D eigenvalue weighted by molar-refractivity contribution is -0.337. The molecule has 4 unspecified atom stereocenters. The van der Waals surface area contributed by atoms with Crippen molar-refractivity contribution in [2.75, 3.05) is 6.61 Å². The van der Waals surface area contributed by atoms with E-state index in [2.05, 4.69) is 5.32 Å². The van der Waals surface area contributed by atoms with E-state index < -0.39 is 36.9 Å². The predicted octanol–water partition coefficient (Wildman–Crippen LogP) is -0.317. The number of carbonyl (C=O) groups excluding carboxylic acids is 1. The highest BCUT2D eigenvalue weighted by molar-refractivity contribution is 5.73. The topological polar surface area (TPSA) is 97.3 Å². The first-order valence-electron chi connectivity index (χ1n) is 7.17. The first-order valence-corrected chi connectivity index (χ1v) is 7.17. The normalized spacial score (nSPS) is 38.1. The molecule has 2 aliphatic rings. The third kappa shape index (κ3) is 2.99. The molecule has 2 aliphatic heterocycles. The average Bonchev–Trinajstić information content (AvgIpc) is 2.52. The second kappa shape index (κ2) is 6.31. The van der Waals surface area contributed by atoms with Gasteiger partial charge in [0.25, 0.3) is 0 Å². The Labute approximate surface area is 127 Å². The van der Waals surface area contributed by atoms with Gasteiger partial charge in [0.15, 0.2) is 12.6 Å². The largest absolute Gasteiger partial charge is 0.388 e. The van der Waals surface area contributed by atoms with E-state index in [9.17, 15) is 15.0 Å². The Bertz CT molecular complexity index is 524. The van der Waals surface area contributed by atoms with Crippen LogP contribution in [0.3, 0.4) is 0 Å². The van der Waals surface area contributed by atoms with Crippen molar-refractivity contribution in [2.24, 2.45) is 0 Å². The SMILES string of the molecule is CC(=O)N[C@H]1C(O)O[C@@H]2COC(c3ccccc3)OC2C1O. The van der Waals surface area contributed by atoms with Crippen LogP contribution in [0.15, 0.2) is 30.3 Å². The van der Waals surface area contributed by atoms with E-state index in [0.717, 1.165) is 5.56 Å². The maximum Gasteiger partial charge on any atom is 0.217 e. The van der Waals surface area contributed by atoms with Crippen LogP contribution in [0.25, 0.3) is 0 Å². The quantitative estimate of drug-likeness (QED) is 0.693. The molecule has 7 heteroatoms. The van der Waals surface area contributed by atoms with Crippen molar-refractivity contribution in [3.05, 3.63) is 35.9 Å². The van der Waals surface area contributed by atoms with E-state index in [-0.39, 0.29) is 12.5 Å². The molecule has 1 aromatic carbocycles. The zero-order valence-electron chi connectivity index (χ0n) is 12.1. The number of ether oxygens (including phenoxy) is 3. The van der Waals surface area contributed by atoms with Gasteiger partial charge in [-0.15, -0.1) is 0 Å². The molecule has 0 aromatic heterocycles. The van der Waals surface area contributed by atoms with Gasteiger partial charge in [0.1, 0.15) is 24.4 Å². The molecule has 7 nitrogen and oxygen atoms in total. The zero-order chi connectivity index (χ0) is 15.7. The van der Waals surface area contributed by atoms with Gasteiger partial charge in [-0.1, -0.05) is 30.3 Å². The van der Waals surface area contributed by atoms with Gasteiger partial charge < -0.3 is 29.7 Å². The highest BCUT2D eigenvalue weighted by Gasteiger charge is 2.49. The first kappa shape index (κ1) is 15.4. The molecule has 3 N–H and O–H groups in total. The molecule has 1 amide bonds. The van der Waals surface area contributed by atoms with Crippen molar-refractivity contribution in [3.8, 4) is 0 Å². The van der Waals surface area contributed by atoms with Gasteiger partial charge in [0.05, 0.1) is 6.61 Å². The lowest BCUT2D eigenvalue weighted by atomic mass is 9.96. The molecule has 0 spiro atoms. The van der Waals surface area contributed by atoms with E-state index in [1.165, 1.54) is 6.92 Å². The summed E-state index contributed by atoms with van der Waals surface area (Å²) < 4.78 is 16.8. The van der Waals surface area contributed by atoms with E-state index in [1.807, 2.05) is 30.3 Å². The fourth-order valence-corrected chi connectivity index (χ4v) is 2.78. The van der Waals surface area contributed by atoms with Crippen molar-refractivity contribution >= 4 is 5.91 Å². The van der Waals surface area contributed by atoms with Crippen LogP contribution in [-0.4, -0.2) is 53.4 Å². The highest BCUT2D eigenvalue weighted by Crippen LogP contribution is 2.33. The summed E-state index contributed by atoms with van der Waals surface area (Å²) >= 11 is 0. The fourth-order valence-electron chi connectivity index (χ4n) is 2.78. The van der Waals surface area contributed by atoms with Crippen molar-refractivity contribution in [1.29, 1.82) is 0 Å². The van der Waals surface area contributed by atoms with Gasteiger partial charge in [-0.2, -0.15) is 0 Å². The molecule has 0 radical (unpaired) electrons. The number of hydrogen-bond acceptors (Lipinski definition) is 6. The maximum atomic E-state index is 11.2. The summed E-state index contributed by atoms with van der Waals surface area (Å²) in [5, 5.41) is 22.8. The summed E-state index contributed by atoms with van der Waals surface area (Å²) in [6, 6.07) is 8.41. The molecular weight excluding hydrogens is 290 g/mol. The van der Waals surface area contributed by atoms with Crippen LogP contribution in [0.1, 0.15) is 18.8 Å². The first-order chi connectivity index (χ1) is 10.6. The number of benzene rings is 1. The van der Waals surface area contributed by atoms with Crippen LogP contribution in [0, 0.1) is 0 Å². The number of carbonyl (C=O) groups is 1. The van der Waals surface area contributed by atoms with Crippen LogP contribution < -0.4 is 5.32 Å². The van der Waals surface area contributed by atoms with E-state index >= 15 is 0 Å². The number of aliphatic hydroxyl groups is 2. The number of rotatable bonds is 2.